The molecule has 0 aliphatic carbocycles. The van der Waals surface area contributed by atoms with Gasteiger partial charge in [0.05, 0.1) is 0 Å². The van der Waals surface area contributed by atoms with Crippen LogP contribution >= 0.6 is 15.9 Å². The van der Waals surface area contributed by atoms with E-state index >= 15 is 0 Å². The van der Waals surface area contributed by atoms with Gasteiger partial charge in [-0.25, -0.2) is 0 Å². The molecule has 1 aromatic carbocycles. The van der Waals surface area contributed by atoms with Crippen LogP contribution in [0.5, 0.6) is 0 Å². The van der Waals surface area contributed by atoms with Crippen LogP contribution in [-0.2, 0) is 12.8 Å². The van der Waals surface area contributed by atoms with E-state index in [1.54, 1.807) is 0 Å². The lowest BCUT2D eigenvalue weighted by atomic mass is 9.96. The lowest BCUT2D eigenvalue weighted by Gasteiger charge is -2.15. The summed E-state index contributed by atoms with van der Waals surface area (Å²) in [6, 6.07) is 10.3. The van der Waals surface area contributed by atoms with Gasteiger partial charge in [0.25, 0.3) is 0 Å². The lowest BCUT2D eigenvalue weighted by molar-refractivity contribution is 0.709. The Labute approximate surface area is 116 Å². The average molecular weight is 305 g/mol. The predicted octanol–water partition coefficient (Wildman–Crippen LogP) is 3.65. The number of pyridine rings is 1. The van der Waals surface area contributed by atoms with Crippen molar-refractivity contribution in [3.63, 3.8) is 0 Å². The molecule has 0 bridgehead atoms. The number of rotatable bonds is 4. The van der Waals surface area contributed by atoms with E-state index in [4.69, 9.17) is 5.73 Å². The van der Waals surface area contributed by atoms with E-state index in [0.717, 1.165) is 17.3 Å². The zero-order chi connectivity index (χ0) is 13.0. The van der Waals surface area contributed by atoms with Gasteiger partial charge in [-0.3, -0.25) is 4.98 Å². The molecule has 3 heteroatoms. The number of hydrogen-bond acceptors (Lipinski definition) is 2. The third-order valence-electron chi connectivity index (χ3n) is 3.07. The summed E-state index contributed by atoms with van der Waals surface area (Å²) < 4.78 is 1.10. The number of aromatic nitrogens is 1. The Morgan fingerprint density at radius 2 is 2.17 bits per heavy atom. The fourth-order valence-electron chi connectivity index (χ4n) is 2.12. The van der Waals surface area contributed by atoms with Gasteiger partial charge >= 0.3 is 0 Å². The molecule has 1 heterocycles. The van der Waals surface area contributed by atoms with Gasteiger partial charge in [-0.05, 0) is 47.7 Å². The van der Waals surface area contributed by atoms with Gasteiger partial charge in [-0.1, -0.05) is 35.0 Å². The number of hydrogen-bond donors (Lipinski definition) is 1. The van der Waals surface area contributed by atoms with Crippen molar-refractivity contribution < 1.29 is 0 Å². The first kappa shape index (κ1) is 13.2. The summed E-state index contributed by atoms with van der Waals surface area (Å²) in [6.45, 7) is 2.13. The monoisotopic (exact) mass is 304 g/mol. The SMILES string of the molecule is CCc1cnccc1C(N)Cc1cccc(Br)c1. The summed E-state index contributed by atoms with van der Waals surface area (Å²) in [4.78, 5) is 4.16. The van der Waals surface area contributed by atoms with Gasteiger partial charge in [0, 0.05) is 22.9 Å². The Bertz CT molecular complexity index is 525. The van der Waals surface area contributed by atoms with Crippen LogP contribution in [0.3, 0.4) is 0 Å². The Balaban J connectivity index is 2.19. The van der Waals surface area contributed by atoms with E-state index < -0.39 is 0 Å². The number of nitrogens with two attached hydrogens (primary N) is 1. The summed E-state index contributed by atoms with van der Waals surface area (Å²) in [7, 11) is 0. The molecule has 1 unspecified atom stereocenters. The third-order valence-corrected chi connectivity index (χ3v) is 3.56. The van der Waals surface area contributed by atoms with E-state index in [0.29, 0.717) is 0 Å². The zero-order valence-corrected chi connectivity index (χ0v) is 12.0. The first-order chi connectivity index (χ1) is 8.70. The maximum absolute atomic E-state index is 6.31. The van der Waals surface area contributed by atoms with Gasteiger partial charge in [0.2, 0.25) is 0 Å². The van der Waals surface area contributed by atoms with E-state index in [1.165, 1.54) is 16.7 Å². The van der Waals surface area contributed by atoms with E-state index in [2.05, 4.69) is 40.0 Å². The summed E-state index contributed by atoms with van der Waals surface area (Å²) in [5.41, 5.74) is 9.99. The zero-order valence-electron chi connectivity index (χ0n) is 10.4. The number of nitrogens with zero attached hydrogens (tertiary/aromatic N) is 1. The van der Waals surface area contributed by atoms with Gasteiger partial charge < -0.3 is 5.73 Å². The lowest BCUT2D eigenvalue weighted by Crippen LogP contribution is -2.15. The van der Waals surface area contributed by atoms with Crippen molar-refractivity contribution in [1.29, 1.82) is 0 Å². The molecule has 0 saturated carbocycles. The van der Waals surface area contributed by atoms with E-state index in [1.807, 2.05) is 30.6 Å². The molecule has 0 saturated heterocycles. The molecule has 0 spiro atoms. The van der Waals surface area contributed by atoms with Gasteiger partial charge in [-0.2, -0.15) is 0 Å². The molecular weight excluding hydrogens is 288 g/mol. The molecule has 18 heavy (non-hydrogen) atoms. The van der Waals surface area contributed by atoms with Crippen LogP contribution in [0.2, 0.25) is 0 Å². The number of benzene rings is 1. The smallest absolute Gasteiger partial charge is 0.0339 e. The van der Waals surface area contributed by atoms with Crippen molar-refractivity contribution in [2.24, 2.45) is 5.73 Å². The van der Waals surface area contributed by atoms with E-state index in [9.17, 15) is 0 Å². The van der Waals surface area contributed by atoms with Crippen LogP contribution in [-0.4, -0.2) is 4.98 Å². The minimum absolute atomic E-state index is 0.0252. The minimum Gasteiger partial charge on any atom is -0.324 e. The molecule has 0 amide bonds. The van der Waals surface area contributed by atoms with Crippen LogP contribution in [0.4, 0.5) is 0 Å². The normalized spacial score (nSPS) is 12.4. The minimum atomic E-state index is 0.0252. The van der Waals surface area contributed by atoms with Crippen LogP contribution in [0.15, 0.2) is 47.2 Å². The Hall–Kier alpha value is -1.19. The Kier molecular flexibility index (Phi) is 4.50. The van der Waals surface area contributed by atoms with Crippen LogP contribution in [0.25, 0.3) is 0 Å². The maximum Gasteiger partial charge on any atom is 0.0339 e. The molecule has 2 aromatic rings. The molecule has 1 aromatic heterocycles. The topological polar surface area (TPSA) is 38.9 Å². The second-order valence-corrected chi connectivity index (χ2v) is 5.28. The van der Waals surface area contributed by atoms with Crippen molar-refractivity contribution in [2.45, 2.75) is 25.8 Å². The van der Waals surface area contributed by atoms with Gasteiger partial charge in [0.15, 0.2) is 0 Å². The summed E-state index contributed by atoms with van der Waals surface area (Å²) in [5, 5.41) is 0. The molecule has 94 valence electrons. The Morgan fingerprint density at radius 1 is 1.33 bits per heavy atom. The first-order valence-corrected chi connectivity index (χ1v) is 6.92. The molecule has 0 radical (unpaired) electrons. The fourth-order valence-corrected chi connectivity index (χ4v) is 2.57. The summed E-state index contributed by atoms with van der Waals surface area (Å²) >= 11 is 3.49. The summed E-state index contributed by atoms with van der Waals surface area (Å²) in [6.07, 6.45) is 5.54. The van der Waals surface area contributed by atoms with Gasteiger partial charge in [-0.15, -0.1) is 0 Å². The molecule has 2 nitrogen and oxygen atoms in total. The molecule has 0 fully saturated rings. The van der Waals surface area contributed by atoms with Crippen LogP contribution in [0, 0.1) is 0 Å². The van der Waals surface area contributed by atoms with Crippen molar-refractivity contribution in [2.75, 3.05) is 0 Å². The molecule has 2 rings (SSSR count). The van der Waals surface area contributed by atoms with Crippen LogP contribution in [0.1, 0.15) is 29.7 Å². The standard InChI is InChI=1S/C15H17BrN2/c1-2-12-10-18-7-6-14(12)15(17)9-11-4-3-5-13(16)8-11/h3-8,10,15H,2,9,17H2,1H3. The second-order valence-electron chi connectivity index (χ2n) is 4.37. The molecular formula is C15H17BrN2. The number of aryl methyl sites for hydroxylation is 1. The maximum atomic E-state index is 6.31. The summed E-state index contributed by atoms with van der Waals surface area (Å²) in [5.74, 6) is 0. The molecule has 0 aliphatic heterocycles. The quantitative estimate of drug-likeness (QED) is 0.936. The highest BCUT2D eigenvalue weighted by molar-refractivity contribution is 9.10. The first-order valence-electron chi connectivity index (χ1n) is 6.13. The fraction of sp³-hybridized carbons (Fsp3) is 0.267. The van der Waals surface area contributed by atoms with Crippen LogP contribution < -0.4 is 5.73 Å². The highest BCUT2D eigenvalue weighted by Crippen LogP contribution is 2.21. The average Bonchev–Trinajstić information content (AvgIpc) is 2.38. The molecule has 2 N–H and O–H groups in total. The predicted molar refractivity (Wildman–Crippen MR) is 78.4 cm³/mol. The van der Waals surface area contributed by atoms with Crippen molar-refractivity contribution >= 4 is 15.9 Å². The highest BCUT2D eigenvalue weighted by Gasteiger charge is 2.11. The third kappa shape index (κ3) is 3.18. The van der Waals surface area contributed by atoms with Crippen molar-refractivity contribution in [3.8, 4) is 0 Å². The Morgan fingerprint density at radius 3 is 2.89 bits per heavy atom. The highest BCUT2D eigenvalue weighted by atomic mass is 79.9. The molecule has 1 atom stereocenters. The second kappa shape index (κ2) is 6.12. The van der Waals surface area contributed by atoms with E-state index in [-0.39, 0.29) is 6.04 Å². The largest absolute Gasteiger partial charge is 0.324 e. The number of halogens is 1. The van der Waals surface area contributed by atoms with Crippen molar-refractivity contribution in [3.05, 3.63) is 63.9 Å². The van der Waals surface area contributed by atoms with Crippen molar-refractivity contribution in [1.82, 2.24) is 4.98 Å². The van der Waals surface area contributed by atoms with Gasteiger partial charge in [0.1, 0.15) is 0 Å². The molecule has 0 aliphatic rings.